The van der Waals surface area contributed by atoms with E-state index in [2.05, 4.69) is 5.32 Å². The molecule has 0 bridgehead atoms. The molecule has 6 nitrogen and oxygen atoms in total. The zero-order valence-corrected chi connectivity index (χ0v) is 16.9. The van der Waals surface area contributed by atoms with E-state index in [-0.39, 0.29) is 18.3 Å². The predicted octanol–water partition coefficient (Wildman–Crippen LogP) is 4.14. The molecular formula is C23H25NO5. The minimum Gasteiger partial charge on any atom is -0.449 e. The Bertz CT molecular complexity index is 990. The zero-order valence-electron chi connectivity index (χ0n) is 16.9. The number of carbonyl (C=O) groups is 2. The second-order valence-corrected chi connectivity index (χ2v) is 6.79. The van der Waals surface area contributed by atoms with Crippen molar-refractivity contribution < 1.29 is 23.5 Å². The van der Waals surface area contributed by atoms with Crippen molar-refractivity contribution in [2.24, 2.45) is 0 Å². The molecule has 0 aliphatic heterocycles. The summed E-state index contributed by atoms with van der Waals surface area (Å²) in [7, 11) is 0. The van der Waals surface area contributed by atoms with E-state index in [1.165, 1.54) is 6.92 Å². The molecule has 0 unspecified atom stereocenters. The number of hydrogen-bond donors (Lipinski definition) is 1. The van der Waals surface area contributed by atoms with Crippen molar-refractivity contribution in [3.05, 3.63) is 71.0 Å². The molecule has 152 valence electrons. The van der Waals surface area contributed by atoms with Gasteiger partial charge in [0.05, 0.1) is 6.61 Å². The van der Waals surface area contributed by atoms with E-state index in [0.717, 1.165) is 16.5 Å². The Kier molecular flexibility index (Phi) is 6.67. The quantitative estimate of drug-likeness (QED) is 0.580. The Morgan fingerprint density at radius 3 is 2.55 bits per heavy atom. The van der Waals surface area contributed by atoms with Crippen molar-refractivity contribution in [3.63, 3.8) is 0 Å². The number of nitrogens with one attached hydrogen (secondary N) is 1. The van der Waals surface area contributed by atoms with Gasteiger partial charge in [-0.15, -0.1) is 0 Å². The SMILES string of the molecule is CCOCc1c(C(=O)O[C@H](C)C(=O)NCc2ccc(C)cc2)oc2ccccc12. The molecule has 1 aromatic heterocycles. The van der Waals surface area contributed by atoms with E-state index >= 15 is 0 Å². The number of fused-ring (bicyclic) bond motifs is 1. The van der Waals surface area contributed by atoms with Gasteiger partial charge in [-0.1, -0.05) is 48.0 Å². The van der Waals surface area contributed by atoms with Crippen molar-refractivity contribution in [1.29, 1.82) is 0 Å². The summed E-state index contributed by atoms with van der Waals surface area (Å²) in [6.45, 7) is 6.51. The maximum Gasteiger partial charge on any atom is 0.375 e. The molecule has 6 heteroatoms. The van der Waals surface area contributed by atoms with Gasteiger partial charge in [0, 0.05) is 24.1 Å². The summed E-state index contributed by atoms with van der Waals surface area (Å²) < 4.78 is 16.5. The maximum atomic E-state index is 12.7. The van der Waals surface area contributed by atoms with E-state index in [0.29, 0.717) is 24.3 Å². The standard InChI is InChI=1S/C23H25NO5/c1-4-27-14-19-18-7-5-6-8-20(18)29-21(19)23(26)28-16(3)22(25)24-13-17-11-9-15(2)10-12-17/h5-12,16H,4,13-14H2,1-3H3,(H,24,25)/t16-/m1/s1. The van der Waals surface area contributed by atoms with Crippen LogP contribution in [0.25, 0.3) is 11.0 Å². The molecule has 3 rings (SSSR count). The van der Waals surface area contributed by atoms with Gasteiger partial charge < -0.3 is 19.2 Å². The lowest BCUT2D eigenvalue weighted by molar-refractivity contribution is -0.129. The van der Waals surface area contributed by atoms with Crippen molar-refractivity contribution in [1.82, 2.24) is 5.32 Å². The number of carbonyl (C=O) groups excluding carboxylic acids is 2. The van der Waals surface area contributed by atoms with Gasteiger partial charge in [0.1, 0.15) is 5.58 Å². The summed E-state index contributed by atoms with van der Waals surface area (Å²) in [6, 6.07) is 15.2. The summed E-state index contributed by atoms with van der Waals surface area (Å²) in [4.78, 5) is 25.0. The first kappa shape index (κ1) is 20.6. The highest BCUT2D eigenvalue weighted by Gasteiger charge is 2.25. The van der Waals surface area contributed by atoms with Gasteiger partial charge in [-0.2, -0.15) is 0 Å². The van der Waals surface area contributed by atoms with E-state index in [1.807, 2.05) is 56.3 Å². The second-order valence-electron chi connectivity index (χ2n) is 6.79. The first-order valence-electron chi connectivity index (χ1n) is 9.62. The van der Waals surface area contributed by atoms with E-state index in [9.17, 15) is 9.59 Å². The summed E-state index contributed by atoms with van der Waals surface area (Å²) in [5.74, 6) is -0.992. The van der Waals surface area contributed by atoms with Crippen molar-refractivity contribution in [2.45, 2.75) is 40.0 Å². The Hall–Kier alpha value is -3.12. The van der Waals surface area contributed by atoms with E-state index in [1.54, 1.807) is 6.07 Å². The van der Waals surface area contributed by atoms with Crippen LogP contribution in [0.5, 0.6) is 0 Å². The Morgan fingerprint density at radius 1 is 1.10 bits per heavy atom. The number of ether oxygens (including phenoxy) is 2. The topological polar surface area (TPSA) is 77.8 Å². The van der Waals surface area contributed by atoms with Gasteiger partial charge in [-0.25, -0.2) is 4.79 Å². The molecule has 1 atom stereocenters. The average molecular weight is 395 g/mol. The van der Waals surface area contributed by atoms with Gasteiger partial charge in [0.15, 0.2) is 6.10 Å². The molecule has 0 spiro atoms. The van der Waals surface area contributed by atoms with Crippen LogP contribution in [-0.2, 0) is 27.4 Å². The fraction of sp³-hybridized carbons (Fsp3) is 0.304. The largest absolute Gasteiger partial charge is 0.449 e. The molecule has 0 aliphatic carbocycles. The molecule has 1 amide bonds. The number of furan rings is 1. The minimum absolute atomic E-state index is 0.0674. The Balaban J connectivity index is 1.67. The van der Waals surface area contributed by atoms with Crippen LogP contribution in [0.15, 0.2) is 52.9 Å². The molecule has 0 fully saturated rings. The molecular weight excluding hydrogens is 370 g/mol. The van der Waals surface area contributed by atoms with Crippen LogP contribution in [-0.4, -0.2) is 24.6 Å². The smallest absolute Gasteiger partial charge is 0.375 e. The van der Waals surface area contributed by atoms with Crippen LogP contribution in [0.1, 0.15) is 41.1 Å². The van der Waals surface area contributed by atoms with Crippen LogP contribution >= 0.6 is 0 Å². The third kappa shape index (κ3) is 5.03. The van der Waals surface area contributed by atoms with Crippen LogP contribution in [0.2, 0.25) is 0 Å². The lowest BCUT2D eigenvalue weighted by Crippen LogP contribution is -2.35. The van der Waals surface area contributed by atoms with Gasteiger partial charge >= 0.3 is 5.97 Å². The van der Waals surface area contributed by atoms with Crippen molar-refractivity contribution >= 4 is 22.8 Å². The summed E-state index contributed by atoms with van der Waals surface area (Å²) >= 11 is 0. The number of para-hydroxylation sites is 1. The van der Waals surface area contributed by atoms with Crippen LogP contribution in [0.3, 0.4) is 0 Å². The second kappa shape index (κ2) is 9.39. The predicted molar refractivity (Wildman–Crippen MR) is 109 cm³/mol. The van der Waals surface area contributed by atoms with Crippen LogP contribution in [0, 0.1) is 6.92 Å². The summed E-state index contributed by atoms with van der Waals surface area (Å²) in [5.41, 5.74) is 3.32. The number of hydrogen-bond acceptors (Lipinski definition) is 5. The Morgan fingerprint density at radius 2 is 1.83 bits per heavy atom. The van der Waals surface area contributed by atoms with Gasteiger partial charge in [-0.05, 0) is 32.4 Å². The highest BCUT2D eigenvalue weighted by molar-refractivity contribution is 5.97. The molecule has 0 saturated heterocycles. The average Bonchev–Trinajstić information content (AvgIpc) is 3.10. The number of aryl methyl sites for hydroxylation is 1. The lowest BCUT2D eigenvalue weighted by atomic mass is 10.1. The maximum absolute atomic E-state index is 12.7. The minimum atomic E-state index is -0.957. The van der Waals surface area contributed by atoms with Gasteiger partial charge in [0.2, 0.25) is 5.76 Å². The third-order valence-electron chi connectivity index (χ3n) is 4.57. The third-order valence-corrected chi connectivity index (χ3v) is 4.57. The fourth-order valence-corrected chi connectivity index (χ4v) is 2.92. The van der Waals surface area contributed by atoms with Crippen molar-refractivity contribution in [3.8, 4) is 0 Å². The van der Waals surface area contributed by atoms with Gasteiger partial charge in [-0.3, -0.25) is 4.79 Å². The molecule has 29 heavy (non-hydrogen) atoms. The van der Waals surface area contributed by atoms with Crippen LogP contribution in [0.4, 0.5) is 0 Å². The highest BCUT2D eigenvalue weighted by Crippen LogP contribution is 2.27. The number of amides is 1. The number of benzene rings is 2. The van der Waals surface area contributed by atoms with Gasteiger partial charge in [0.25, 0.3) is 5.91 Å². The fourth-order valence-electron chi connectivity index (χ4n) is 2.92. The molecule has 0 saturated carbocycles. The monoisotopic (exact) mass is 395 g/mol. The summed E-state index contributed by atoms with van der Waals surface area (Å²) in [6.07, 6.45) is -0.957. The highest BCUT2D eigenvalue weighted by atomic mass is 16.6. The number of rotatable bonds is 8. The molecule has 1 N–H and O–H groups in total. The normalized spacial score (nSPS) is 12.0. The lowest BCUT2D eigenvalue weighted by Gasteiger charge is -2.13. The molecule has 3 aromatic rings. The zero-order chi connectivity index (χ0) is 20.8. The first-order valence-corrected chi connectivity index (χ1v) is 9.62. The van der Waals surface area contributed by atoms with E-state index < -0.39 is 12.1 Å². The van der Waals surface area contributed by atoms with Crippen LogP contribution < -0.4 is 5.32 Å². The molecule has 2 aromatic carbocycles. The van der Waals surface area contributed by atoms with E-state index in [4.69, 9.17) is 13.9 Å². The first-order chi connectivity index (χ1) is 14.0. The molecule has 1 heterocycles. The van der Waals surface area contributed by atoms with Crippen molar-refractivity contribution in [2.75, 3.05) is 6.61 Å². The molecule has 0 aliphatic rings. The number of esters is 1. The molecule has 0 radical (unpaired) electrons. The summed E-state index contributed by atoms with van der Waals surface area (Å²) in [5, 5.41) is 3.57. The Labute approximate surface area is 169 Å².